The van der Waals surface area contributed by atoms with Crippen LogP contribution in [0.2, 0.25) is 0 Å². The third-order valence-electron chi connectivity index (χ3n) is 4.50. The van der Waals surface area contributed by atoms with Crippen LogP contribution in [0, 0.1) is 5.41 Å². The third kappa shape index (κ3) is 1.39. The van der Waals surface area contributed by atoms with E-state index in [9.17, 15) is 9.59 Å². The van der Waals surface area contributed by atoms with E-state index in [0.717, 1.165) is 12.8 Å². The molecule has 2 fully saturated rings. The van der Waals surface area contributed by atoms with Crippen LogP contribution in [0.4, 0.5) is 0 Å². The van der Waals surface area contributed by atoms with Crippen molar-refractivity contribution in [2.45, 2.75) is 18.9 Å². The molecule has 2 aliphatic heterocycles. The molecule has 3 aliphatic rings. The summed E-state index contributed by atoms with van der Waals surface area (Å²) in [7, 11) is 0. The number of hydrogen-bond donors (Lipinski definition) is 1. The van der Waals surface area contributed by atoms with Gasteiger partial charge in [-0.3, -0.25) is 9.59 Å². The summed E-state index contributed by atoms with van der Waals surface area (Å²) in [6.45, 7) is 1.29. The summed E-state index contributed by atoms with van der Waals surface area (Å²) in [6.07, 6.45) is 2.19. The standard InChI is InChI=1S/C14H15N3O2/c15-11-9-3-1-2-4-10(9)12(18)16-7-14(5-6-14)8-17(16)13(11)19/h1-4,11H,5-8,15H2. The second-order valence-corrected chi connectivity index (χ2v) is 5.82. The Morgan fingerprint density at radius 1 is 1.11 bits per heavy atom. The van der Waals surface area contributed by atoms with Gasteiger partial charge in [-0.05, 0) is 24.5 Å². The first kappa shape index (κ1) is 11.0. The molecule has 19 heavy (non-hydrogen) atoms. The van der Waals surface area contributed by atoms with Gasteiger partial charge in [-0.1, -0.05) is 18.2 Å². The van der Waals surface area contributed by atoms with Crippen molar-refractivity contribution >= 4 is 11.8 Å². The maximum atomic E-state index is 12.6. The average Bonchev–Trinajstić information content (AvgIpc) is 3.08. The minimum absolute atomic E-state index is 0.0966. The number of amides is 2. The van der Waals surface area contributed by atoms with E-state index < -0.39 is 6.04 Å². The van der Waals surface area contributed by atoms with Crippen molar-refractivity contribution in [3.63, 3.8) is 0 Å². The number of benzene rings is 1. The Morgan fingerprint density at radius 3 is 2.53 bits per heavy atom. The number of hydrogen-bond acceptors (Lipinski definition) is 3. The minimum atomic E-state index is -0.737. The quantitative estimate of drug-likeness (QED) is 0.743. The molecule has 1 saturated heterocycles. The Morgan fingerprint density at radius 2 is 1.79 bits per heavy atom. The van der Waals surface area contributed by atoms with E-state index >= 15 is 0 Å². The van der Waals surface area contributed by atoms with Crippen LogP contribution in [0.1, 0.15) is 34.8 Å². The lowest BCUT2D eigenvalue weighted by Gasteiger charge is -2.26. The van der Waals surface area contributed by atoms with Gasteiger partial charge in [-0.2, -0.15) is 0 Å². The Kier molecular flexibility index (Phi) is 1.94. The molecule has 1 saturated carbocycles. The topological polar surface area (TPSA) is 66.6 Å². The molecule has 0 bridgehead atoms. The Bertz CT molecular complexity index is 594. The van der Waals surface area contributed by atoms with Crippen LogP contribution in [0.25, 0.3) is 0 Å². The second kappa shape index (κ2) is 3.36. The van der Waals surface area contributed by atoms with Crippen molar-refractivity contribution in [3.8, 4) is 0 Å². The monoisotopic (exact) mass is 257 g/mol. The van der Waals surface area contributed by atoms with Gasteiger partial charge in [0.1, 0.15) is 6.04 Å². The van der Waals surface area contributed by atoms with Crippen LogP contribution in [-0.4, -0.2) is 34.9 Å². The van der Waals surface area contributed by atoms with E-state index in [0.29, 0.717) is 24.2 Å². The van der Waals surface area contributed by atoms with Crippen LogP contribution in [0.5, 0.6) is 0 Å². The maximum absolute atomic E-state index is 12.6. The fraction of sp³-hybridized carbons (Fsp3) is 0.429. The molecule has 0 aromatic heterocycles. The van der Waals surface area contributed by atoms with Gasteiger partial charge in [0.25, 0.3) is 11.8 Å². The molecule has 1 aliphatic carbocycles. The average molecular weight is 257 g/mol. The molecule has 98 valence electrons. The first-order chi connectivity index (χ1) is 9.11. The van der Waals surface area contributed by atoms with Crippen LogP contribution in [0.3, 0.4) is 0 Å². The van der Waals surface area contributed by atoms with Gasteiger partial charge in [0.2, 0.25) is 0 Å². The summed E-state index contributed by atoms with van der Waals surface area (Å²) < 4.78 is 0. The van der Waals surface area contributed by atoms with Crippen LogP contribution < -0.4 is 5.73 Å². The fourth-order valence-corrected chi connectivity index (χ4v) is 3.12. The summed E-state index contributed by atoms with van der Waals surface area (Å²) in [5.74, 6) is -0.261. The van der Waals surface area contributed by atoms with Crippen molar-refractivity contribution in [2.75, 3.05) is 13.1 Å². The second-order valence-electron chi connectivity index (χ2n) is 5.82. The van der Waals surface area contributed by atoms with E-state index in [2.05, 4.69) is 0 Å². The van der Waals surface area contributed by atoms with Gasteiger partial charge in [0.05, 0.1) is 13.1 Å². The summed E-state index contributed by atoms with van der Waals surface area (Å²) >= 11 is 0. The Hall–Kier alpha value is -1.88. The molecule has 1 atom stereocenters. The largest absolute Gasteiger partial charge is 0.316 e. The molecular weight excluding hydrogens is 242 g/mol. The number of fused-ring (bicyclic) bond motifs is 2. The highest BCUT2D eigenvalue weighted by Gasteiger charge is 2.56. The molecular formula is C14H15N3O2. The lowest BCUT2D eigenvalue weighted by molar-refractivity contribution is -0.141. The van der Waals surface area contributed by atoms with Crippen LogP contribution in [-0.2, 0) is 4.79 Å². The zero-order valence-corrected chi connectivity index (χ0v) is 10.5. The van der Waals surface area contributed by atoms with Crippen LogP contribution in [0.15, 0.2) is 24.3 Å². The van der Waals surface area contributed by atoms with E-state index in [4.69, 9.17) is 5.73 Å². The van der Waals surface area contributed by atoms with E-state index in [1.165, 1.54) is 0 Å². The Balaban J connectivity index is 1.85. The number of carbonyl (C=O) groups is 2. The highest BCUT2D eigenvalue weighted by molar-refractivity contribution is 6.01. The predicted octanol–water partition coefficient (Wildman–Crippen LogP) is 0.680. The highest BCUT2D eigenvalue weighted by Crippen LogP contribution is 2.51. The summed E-state index contributed by atoms with van der Waals surface area (Å²) in [4.78, 5) is 25.1. The first-order valence-corrected chi connectivity index (χ1v) is 6.59. The highest BCUT2D eigenvalue weighted by atomic mass is 16.2. The zero-order valence-electron chi connectivity index (χ0n) is 10.5. The molecule has 2 heterocycles. The van der Waals surface area contributed by atoms with Crippen molar-refractivity contribution < 1.29 is 9.59 Å². The molecule has 0 radical (unpaired) electrons. The minimum Gasteiger partial charge on any atom is -0.316 e. The first-order valence-electron chi connectivity index (χ1n) is 6.59. The molecule has 1 aromatic carbocycles. The lowest BCUT2D eigenvalue weighted by Crippen LogP contribution is -2.45. The normalized spacial score (nSPS) is 27.3. The van der Waals surface area contributed by atoms with Crippen molar-refractivity contribution in [3.05, 3.63) is 35.4 Å². The van der Waals surface area contributed by atoms with Crippen molar-refractivity contribution in [1.82, 2.24) is 10.0 Å². The molecule has 2 N–H and O–H groups in total. The van der Waals surface area contributed by atoms with Gasteiger partial charge in [-0.25, -0.2) is 10.0 Å². The van der Waals surface area contributed by atoms with Crippen molar-refractivity contribution in [2.24, 2.45) is 11.1 Å². The summed E-state index contributed by atoms with van der Waals surface area (Å²) in [6, 6.07) is 6.41. The number of hydrazine groups is 1. The molecule has 1 unspecified atom stereocenters. The number of nitrogens with zero attached hydrogens (tertiary/aromatic N) is 2. The maximum Gasteiger partial charge on any atom is 0.272 e. The van der Waals surface area contributed by atoms with Gasteiger partial charge in [0, 0.05) is 11.0 Å². The van der Waals surface area contributed by atoms with Crippen molar-refractivity contribution in [1.29, 1.82) is 0 Å². The number of rotatable bonds is 0. The molecule has 5 heteroatoms. The van der Waals surface area contributed by atoms with Gasteiger partial charge >= 0.3 is 0 Å². The predicted molar refractivity (Wildman–Crippen MR) is 67.8 cm³/mol. The molecule has 5 nitrogen and oxygen atoms in total. The smallest absolute Gasteiger partial charge is 0.272 e. The van der Waals surface area contributed by atoms with Gasteiger partial charge < -0.3 is 5.73 Å². The number of carbonyl (C=O) groups excluding carboxylic acids is 2. The fourth-order valence-electron chi connectivity index (χ4n) is 3.12. The molecule has 2 amide bonds. The zero-order chi connectivity index (χ0) is 13.2. The summed E-state index contributed by atoms with van der Waals surface area (Å²) in [5.41, 5.74) is 7.39. The molecule has 1 aromatic rings. The lowest BCUT2D eigenvalue weighted by atomic mass is 9.99. The molecule has 4 rings (SSSR count). The number of nitrogens with two attached hydrogens (primary N) is 1. The van der Waals surface area contributed by atoms with E-state index in [-0.39, 0.29) is 17.2 Å². The van der Waals surface area contributed by atoms with E-state index in [1.807, 2.05) is 12.1 Å². The van der Waals surface area contributed by atoms with Crippen LogP contribution >= 0.6 is 0 Å². The van der Waals surface area contributed by atoms with E-state index in [1.54, 1.807) is 22.2 Å². The third-order valence-corrected chi connectivity index (χ3v) is 4.50. The Labute approximate surface area is 110 Å². The van der Waals surface area contributed by atoms with Gasteiger partial charge in [-0.15, -0.1) is 0 Å². The summed E-state index contributed by atoms with van der Waals surface area (Å²) in [5, 5.41) is 3.17. The SMILES string of the molecule is NC1C(=O)N2CC3(CC3)CN2C(=O)c2ccccc21. The molecule has 1 spiro atoms. The van der Waals surface area contributed by atoms with Gasteiger partial charge in [0.15, 0.2) is 0 Å².